The Hall–Kier alpha value is -2.65. The lowest BCUT2D eigenvalue weighted by atomic mass is 10.2. The predicted octanol–water partition coefficient (Wildman–Crippen LogP) is 3.54. The van der Waals surface area contributed by atoms with Crippen molar-refractivity contribution in [1.82, 2.24) is 19.2 Å². The number of benzene rings is 1. The molecule has 0 radical (unpaired) electrons. The summed E-state index contributed by atoms with van der Waals surface area (Å²) in [4.78, 5) is 26.4. The van der Waals surface area contributed by atoms with Crippen molar-refractivity contribution in [3.63, 3.8) is 0 Å². The molecule has 4 aromatic rings. The van der Waals surface area contributed by atoms with Crippen LogP contribution in [-0.2, 0) is 17.1 Å². The maximum Gasteiger partial charge on any atom is 0.272 e. The molecule has 29 heavy (non-hydrogen) atoms. The van der Waals surface area contributed by atoms with Crippen LogP contribution in [0.2, 0.25) is 0 Å². The highest BCUT2D eigenvalue weighted by Gasteiger charge is 2.21. The van der Waals surface area contributed by atoms with E-state index in [0.29, 0.717) is 18.7 Å². The van der Waals surface area contributed by atoms with E-state index in [1.54, 1.807) is 16.3 Å². The molecule has 0 aliphatic carbocycles. The lowest BCUT2D eigenvalue weighted by Gasteiger charge is -2.15. The standard InChI is InChI=1S/C20H19N5O2S2/c1-2-23-18(27)17-15(9-11-28-17)25-19(23)21-22-20(25)29-12-13-5-7-14(8-6-13)24-10-3-4-16(24)26/h5-9,11H,2-4,10,12H2,1H3. The van der Waals surface area contributed by atoms with Crippen LogP contribution in [0.4, 0.5) is 5.69 Å². The van der Waals surface area contributed by atoms with E-state index in [0.717, 1.165) is 45.3 Å². The molecule has 0 bridgehead atoms. The zero-order chi connectivity index (χ0) is 20.0. The fourth-order valence-electron chi connectivity index (χ4n) is 3.72. The Morgan fingerprint density at radius 2 is 1.97 bits per heavy atom. The summed E-state index contributed by atoms with van der Waals surface area (Å²) in [5.41, 5.74) is 2.95. The molecule has 4 heterocycles. The Morgan fingerprint density at radius 1 is 1.14 bits per heavy atom. The van der Waals surface area contributed by atoms with Crippen molar-refractivity contribution in [2.45, 2.75) is 37.2 Å². The van der Waals surface area contributed by atoms with Gasteiger partial charge in [-0.05, 0) is 42.5 Å². The molecule has 0 unspecified atom stereocenters. The van der Waals surface area contributed by atoms with E-state index in [1.165, 1.54) is 11.3 Å². The van der Waals surface area contributed by atoms with Crippen molar-refractivity contribution in [3.05, 3.63) is 51.6 Å². The van der Waals surface area contributed by atoms with Crippen molar-refractivity contribution in [3.8, 4) is 0 Å². The minimum Gasteiger partial charge on any atom is -0.312 e. The quantitative estimate of drug-likeness (QED) is 0.457. The zero-order valence-corrected chi connectivity index (χ0v) is 17.5. The van der Waals surface area contributed by atoms with Crippen LogP contribution < -0.4 is 10.5 Å². The molecular weight excluding hydrogens is 406 g/mol. The minimum absolute atomic E-state index is 0.0130. The topological polar surface area (TPSA) is 72.5 Å². The van der Waals surface area contributed by atoms with Crippen LogP contribution in [0.5, 0.6) is 0 Å². The number of carbonyl (C=O) groups excluding carboxylic acids is 1. The smallest absolute Gasteiger partial charge is 0.272 e. The largest absolute Gasteiger partial charge is 0.312 e. The number of nitrogens with zero attached hydrogens (tertiary/aromatic N) is 5. The van der Waals surface area contributed by atoms with E-state index in [4.69, 9.17) is 0 Å². The highest BCUT2D eigenvalue weighted by Crippen LogP contribution is 2.28. The second-order valence-electron chi connectivity index (χ2n) is 6.91. The van der Waals surface area contributed by atoms with Gasteiger partial charge in [0.05, 0.1) is 5.52 Å². The number of rotatable bonds is 5. The Bertz CT molecular complexity index is 1270. The minimum atomic E-state index is -0.0130. The van der Waals surface area contributed by atoms with E-state index in [-0.39, 0.29) is 11.5 Å². The lowest BCUT2D eigenvalue weighted by molar-refractivity contribution is -0.117. The predicted molar refractivity (Wildman–Crippen MR) is 116 cm³/mol. The molecule has 1 fully saturated rings. The molecule has 0 N–H and O–H groups in total. The Kier molecular flexibility index (Phi) is 4.63. The monoisotopic (exact) mass is 425 g/mol. The van der Waals surface area contributed by atoms with Crippen LogP contribution in [-0.4, -0.2) is 31.6 Å². The fourth-order valence-corrected chi connectivity index (χ4v) is 5.44. The summed E-state index contributed by atoms with van der Waals surface area (Å²) < 4.78 is 4.36. The molecular formula is C20H19N5O2S2. The van der Waals surface area contributed by atoms with Crippen LogP contribution in [0, 0.1) is 0 Å². The van der Waals surface area contributed by atoms with Gasteiger partial charge in [-0.1, -0.05) is 23.9 Å². The van der Waals surface area contributed by atoms with Crippen LogP contribution in [0.15, 0.2) is 45.7 Å². The third kappa shape index (κ3) is 3.05. The van der Waals surface area contributed by atoms with Crippen molar-refractivity contribution in [1.29, 1.82) is 0 Å². The molecule has 0 spiro atoms. The molecule has 9 heteroatoms. The molecule has 0 saturated carbocycles. The Balaban J connectivity index is 1.43. The highest BCUT2D eigenvalue weighted by atomic mass is 32.2. The third-order valence-corrected chi connectivity index (χ3v) is 7.08. The maximum absolute atomic E-state index is 12.6. The van der Waals surface area contributed by atoms with E-state index in [2.05, 4.69) is 22.3 Å². The van der Waals surface area contributed by atoms with E-state index in [1.807, 2.05) is 39.8 Å². The number of aryl methyl sites for hydroxylation is 1. The average Bonchev–Trinajstić information content (AvgIpc) is 3.46. The first-order valence-electron chi connectivity index (χ1n) is 9.54. The first-order valence-corrected chi connectivity index (χ1v) is 11.4. The van der Waals surface area contributed by atoms with Crippen LogP contribution in [0.3, 0.4) is 0 Å². The van der Waals surface area contributed by atoms with Gasteiger partial charge in [-0.2, -0.15) is 0 Å². The zero-order valence-electron chi connectivity index (χ0n) is 15.9. The Morgan fingerprint density at radius 3 is 2.69 bits per heavy atom. The third-order valence-electron chi connectivity index (χ3n) is 5.19. The molecule has 1 aromatic carbocycles. The number of anilines is 1. The van der Waals surface area contributed by atoms with Gasteiger partial charge < -0.3 is 4.90 Å². The summed E-state index contributed by atoms with van der Waals surface area (Å²) in [7, 11) is 0. The van der Waals surface area contributed by atoms with E-state index >= 15 is 0 Å². The van der Waals surface area contributed by atoms with Gasteiger partial charge in [0.15, 0.2) is 5.16 Å². The molecule has 0 atom stereocenters. The van der Waals surface area contributed by atoms with Crippen molar-refractivity contribution >= 4 is 50.7 Å². The molecule has 148 valence electrons. The van der Waals surface area contributed by atoms with Crippen molar-refractivity contribution in [2.75, 3.05) is 11.4 Å². The molecule has 7 nitrogen and oxygen atoms in total. The lowest BCUT2D eigenvalue weighted by Crippen LogP contribution is -2.23. The first kappa shape index (κ1) is 18.4. The van der Waals surface area contributed by atoms with Gasteiger partial charge in [0.1, 0.15) is 4.70 Å². The number of carbonyl (C=O) groups is 1. The number of hydrogen-bond acceptors (Lipinski definition) is 6. The summed E-state index contributed by atoms with van der Waals surface area (Å²) in [6.07, 6.45) is 1.56. The molecule has 1 aliphatic rings. The van der Waals surface area contributed by atoms with Gasteiger partial charge in [-0.25, -0.2) is 0 Å². The summed E-state index contributed by atoms with van der Waals surface area (Å²) in [5, 5.41) is 11.3. The number of fused-ring (bicyclic) bond motifs is 3. The second-order valence-corrected chi connectivity index (χ2v) is 8.77. The van der Waals surface area contributed by atoms with Crippen LogP contribution in [0.25, 0.3) is 16.0 Å². The normalized spacial score (nSPS) is 14.5. The Labute approximate surface area is 175 Å². The summed E-state index contributed by atoms with van der Waals surface area (Å²) >= 11 is 3.04. The van der Waals surface area contributed by atoms with Crippen molar-refractivity contribution < 1.29 is 4.79 Å². The molecule has 1 aliphatic heterocycles. The number of aromatic nitrogens is 4. The van der Waals surface area contributed by atoms with Crippen LogP contribution in [0.1, 0.15) is 25.3 Å². The molecule has 1 amide bonds. The SMILES string of the molecule is CCn1c(=O)c2sccc2n2c(SCc3ccc(N4CCCC4=O)cc3)nnc12. The van der Waals surface area contributed by atoms with Gasteiger partial charge in [0.2, 0.25) is 11.7 Å². The molecule has 3 aromatic heterocycles. The van der Waals surface area contributed by atoms with Gasteiger partial charge in [-0.3, -0.25) is 18.6 Å². The molecule has 5 rings (SSSR count). The van der Waals surface area contributed by atoms with Gasteiger partial charge in [0, 0.05) is 31.0 Å². The summed E-state index contributed by atoms with van der Waals surface area (Å²) in [5.74, 6) is 1.50. The number of hydrogen-bond donors (Lipinski definition) is 0. The van der Waals surface area contributed by atoms with E-state index < -0.39 is 0 Å². The highest BCUT2D eigenvalue weighted by molar-refractivity contribution is 7.98. The molecule has 1 saturated heterocycles. The van der Waals surface area contributed by atoms with Gasteiger partial charge in [-0.15, -0.1) is 21.5 Å². The second kappa shape index (κ2) is 7.31. The fraction of sp³-hybridized carbons (Fsp3) is 0.300. The average molecular weight is 426 g/mol. The van der Waals surface area contributed by atoms with Gasteiger partial charge >= 0.3 is 0 Å². The van der Waals surface area contributed by atoms with Gasteiger partial charge in [0.25, 0.3) is 5.56 Å². The van der Waals surface area contributed by atoms with Crippen molar-refractivity contribution in [2.24, 2.45) is 0 Å². The summed E-state index contributed by atoms with van der Waals surface area (Å²) in [6, 6.07) is 10.1. The summed E-state index contributed by atoms with van der Waals surface area (Å²) in [6.45, 7) is 3.29. The number of thioether (sulfide) groups is 1. The maximum atomic E-state index is 12.6. The number of amides is 1. The first-order chi connectivity index (χ1) is 14.2. The van der Waals surface area contributed by atoms with E-state index in [9.17, 15) is 9.59 Å². The number of thiophene rings is 1. The van der Waals surface area contributed by atoms with Crippen LogP contribution >= 0.6 is 23.1 Å².